The SMILES string of the molecule is Cn1cc(C(=O)N2CC(F)(F)C[C@H]2c2ccc(F)cc2)c2cc(-c3ccn4nc(N)nc4c3)ccc21. The monoisotopic (exact) mass is 490 g/mol. The van der Waals surface area contributed by atoms with Crippen molar-refractivity contribution in [2.45, 2.75) is 18.4 Å². The first-order valence-electron chi connectivity index (χ1n) is 11.3. The van der Waals surface area contributed by atoms with Crippen LogP contribution in [0.4, 0.5) is 19.1 Å². The molecule has 1 aliphatic heterocycles. The minimum absolute atomic E-state index is 0.164. The number of hydrogen-bond acceptors (Lipinski definition) is 4. The zero-order valence-corrected chi connectivity index (χ0v) is 19.2. The molecule has 0 spiro atoms. The normalized spacial score (nSPS) is 17.3. The summed E-state index contributed by atoms with van der Waals surface area (Å²) in [5.41, 5.74) is 9.53. The first-order valence-corrected chi connectivity index (χ1v) is 11.3. The van der Waals surface area contributed by atoms with Crippen LogP contribution < -0.4 is 5.73 Å². The third kappa shape index (κ3) is 3.65. The lowest BCUT2D eigenvalue weighted by Gasteiger charge is -2.24. The molecule has 2 N–H and O–H groups in total. The standard InChI is InChI=1S/C26H21F3N6O/c1-33-13-20(24(36)34-14-26(28,29)12-22(34)15-2-5-18(27)6-3-15)19-10-16(4-7-21(19)33)17-8-9-35-23(11-17)31-25(30)32-35/h2-11,13,22H,12,14H2,1H3,(H2,30,32)/t22-/m0/s1. The fourth-order valence-electron chi connectivity index (χ4n) is 4.99. The van der Waals surface area contributed by atoms with Crippen LogP contribution in [0, 0.1) is 5.82 Å². The van der Waals surface area contributed by atoms with Crippen molar-refractivity contribution in [1.82, 2.24) is 24.1 Å². The number of hydrogen-bond donors (Lipinski definition) is 1. The predicted octanol–water partition coefficient (Wildman–Crippen LogP) is 4.83. The van der Waals surface area contributed by atoms with E-state index < -0.39 is 36.7 Å². The fourth-order valence-corrected chi connectivity index (χ4v) is 4.99. The second-order valence-corrected chi connectivity index (χ2v) is 9.13. The van der Waals surface area contributed by atoms with Gasteiger partial charge in [-0.25, -0.2) is 17.7 Å². The van der Waals surface area contributed by atoms with E-state index in [1.807, 2.05) is 30.3 Å². The Morgan fingerprint density at radius 1 is 1.08 bits per heavy atom. The highest BCUT2D eigenvalue weighted by Gasteiger charge is 2.48. The molecule has 1 fully saturated rings. The Balaban J connectivity index is 1.42. The van der Waals surface area contributed by atoms with Crippen molar-refractivity contribution in [1.29, 1.82) is 0 Å². The van der Waals surface area contributed by atoms with Crippen molar-refractivity contribution in [3.05, 3.63) is 83.9 Å². The Morgan fingerprint density at radius 3 is 2.61 bits per heavy atom. The summed E-state index contributed by atoms with van der Waals surface area (Å²) in [7, 11) is 1.81. The number of nitrogens with two attached hydrogens (primary N) is 1. The molecule has 2 aromatic carbocycles. The van der Waals surface area contributed by atoms with Gasteiger partial charge < -0.3 is 15.2 Å². The topological polar surface area (TPSA) is 81.5 Å². The summed E-state index contributed by atoms with van der Waals surface area (Å²) in [6.07, 6.45) is 2.90. The Bertz CT molecular complexity index is 1640. The van der Waals surface area contributed by atoms with E-state index in [1.54, 1.807) is 28.5 Å². The van der Waals surface area contributed by atoms with Gasteiger partial charge in [0.05, 0.1) is 18.2 Å². The minimum atomic E-state index is -3.04. The molecule has 1 amide bonds. The van der Waals surface area contributed by atoms with Gasteiger partial charge in [0.15, 0.2) is 5.65 Å². The lowest BCUT2D eigenvalue weighted by molar-refractivity contribution is 0.0118. The summed E-state index contributed by atoms with van der Waals surface area (Å²) >= 11 is 0. The van der Waals surface area contributed by atoms with Gasteiger partial charge in [0.2, 0.25) is 5.95 Å². The van der Waals surface area contributed by atoms with Crippen LogP contribution in [0.2, 0.25) is 0 Å². The van der Waals surface area contributed by atoms with Gasteiger partial charge in [-0.05, 0) is 53.1 Å². The predicted molar refractivity (Wildman–Crippen MR) is 129 cm³/mol. The molecule has 6 rings (SSSR count). The lowest BCUT2D eigenvalue weighted by Crippen LogP contribution is -2.33. The van der Waals surface area contributed by atoms with E-state index in [-0.39, 0.29) is 5.95 Å². The molecule has 3 aromatic heterocycles. The number of benzene rings is 2. The molecule has 0 radical (unpaired) electrons. The second-order valence-electron chi connectivity index (χ2n) is 9.13. The molecule has 1 aliphatic rings. The third-order valence-corrected chi connectivity index (χ3v) is 6.69. The summed E-state index contributed by atoms with van der Waals surface area (Å²) in [5.74, 6) is -3.84. The number of nitrogen functional groups attached to an aromatic ring is 1. The quantitative estimate of drug-likeness (QED) is 0.393. The molecule has 7 nitrogen and oxygen atoms in total. The molecule has 0 bridgehead atoms. The van der Waals surface area contributed by atoms with Gasteiger partial charge >= 0.3 is 0 Å². The van der Waals surface area contributed by atoms with Gasteiger partial charge in [0, 0.05) is 36.8 Å². The number of likely N-dealkylation sites (tertiary alicyclic amines) is 1. The molecular formula is C26H21F3N6O. The van der Waals surface area contributed by atoms with Crippen LogP contribution in [0.5, 0.6) is 0 Å². The average Bonchev–Trinajstić information content (AvgIpc) is 3.50. The number of anilines is 1. The molecule has 10 heteroatoms. The van der Waals surface area contributed by atoms with E-state index in [1.165, 1.54) is 29.2 Å². The van der Waals surface area contributed by atoms with E-state index in [0.717, 1.165) is 16.6 Å². The second kappa shape index (κ2) is 7.84. The maximum absolute atomic E-state index is 14.5. The number of aromatic nitrogens is 4. The number of aryl methyl sites for hydroxylation is 1. The Hall–Kier alpha value is -4.34. The highest BCUT2D eigenvalue weighted by atomic mass is 19.3. The van der Waals surface area contributed by atoms with Crippen LogP contribution in [0.25, 0.3) is 27.7 Å². The van der Waals surface area contributed by atoms with E-state index >= 15 is 0 Å². The molecule has 0 saturated carbocycles. The van der Waals surface area contributed by atoms with Gasteiger partial charge in [-0.3, -0.25) is 4.79 Å². The van der Waals surface area contributed by atoms with E-state index in [4.69, 9.17) is 5.73 Å². The lowest BCUT2D eigenvalue weighted by atomic mass is 10.0. The van der Waals surface area contributed by atoms with Crippen LogP contribution >= 0.6 is 0 Å². The van der Waals surface area contributed by atoms with E-state index in [0.29, 0.717) is 22.2 Å². The number of pyridine rings is 1. The zero-order valence-electron chi connectivity index (χ0n) is 19.2. The van der Waals surface area contributed by atoms with Crippen molar-refractivity contribution >= 4 is 28.4 Å². The van der Waals surface area contributed by atoms with Crippen LogP contribution in [0.1, 0.15) is 28.4 Å². The van der Waals surface area contributed by atoms with Gasteiger partial charge in [-0.1, -0.05) is 18.2 Å². The first-order chi connectivity index (χ1) is 17.2. The number of carbonyl (C=O) groups is 1. The number of nitrogens with zero attached hydrogens (tertiary/aromatic N) is 5. The molecule has 36 heavy (non-hydrogen) atoms. The summed E-state index contributed by atoms with van der Waals surface area (Å²) in [4.78, 5) is 19.1. The number of halogens is 3. The molecule has 4 heterocycles. The van der Waals surface area contributed by atoms with Crippen LogP contribution in [-0.2, 0) is 7.05 Å². The van der Waals surface area contributed by atoms with E-state index in [9.17, 15) is 18.0 Å². The number of alkyl halides is 2. The maximum atomic E-state index is 14.5. The molecule has 1 saturated heterocycles. The van der Waals surface area contributed by atoms with Gasteiger partial charge in [-0.15, -0.1) is 5.10 Å². The zero-order chi connectivity index (χ0) is 25.2. The van der Waals surface area contributed by atoms with Gasteiger partial charge in [-0.2, -0.15) is 4.98 Å². The van der Waals surface area contributed by atoms with E-state index in [2.05, 4.69) is 10.1 Å². The Kier molecular flexibility index (Phi) is 4.82. The molecule has 0 unspecified atom stereocenters. The number of rotatable bonds is 3. The molecule has 5 aromatic rings. The molecular weight excluding hydrogens is 469 g/mol. The maximum Gasteiger partial charge on any atom is 0.267 e. The van der Waals surface area contributed by atoms with Gasteiger partial charge in [0.1, 0.15) is 5.82 Å². The van der Waals surface area contributed by atoms with Crippen LogP contribution in [0.3, 0.4) is 0 Å². The Labute approximate surface area is 203 Å². The highest BCUT2D eigenvalue weighted by molar-refractivity contribution is 6.08. The third-order valence-electron chi connectivity index (χ3n) is 6.69. The average molecular weight is 490 g/mol. The molecule has 182 valence electrons. The number of carbonyl (C=O) groups excluding carboxylic acids is 1. The summed E-state index contributed by atoms with van der Waals surface area (Å²) < 4.78 is 45.9. The Morgan fingerprint density at radius 2 is 1.83 bits per heavy atom. The largest absolute Gasteiger partial charge is 0.366 e. The van der Waals surface area contributed by atoms with Crippen molar-refractivity contribution in [3.63, 3.8) is 0 Å². The van der Waals surface area contributed by atoms with Crippen molar-refractivity contribution in [3.8, 4) is 11.1 Å². The van der Waals surface area contributed by atoms with Crippen LogP contribution in [0.15, 0.2) is 67.0 Å². The smallest absolute Gasteiger partial charge is 0.267 e. The summed E-state index contributed by atoms with van der Waals surface area (Å²) in [5, 5.41) is 4.73. The highest BCUT2D eigenvalue weighted by Crippen LogP contribution is 2.42. The molecule has 0 aliphatic carbocycles. The minimum Gasteiger partial charge on any atom is -0.366 e. The number of amides is 1. The number of fused-ring (bicyclic) bond motifs is 2. The van der Waals surface area contributed by atoms with Crippen molar-refractivity contribution in [2.24, 2.45) is 7.05 Å². The van der Waals surface area contributed by atoms with Gasteiger partial charge in [0.25, 0.3) is 11.8 Å². The summed E-state index contributed by atoms with van der Waals surface area (Å²) in [6.45, 7) is -0.699. The summed E-state index contributed by atoms with van der Waals surface area (Å²) in [6, 6.07) is 13.9. The molecule has 1 atom stereocenters. The fraction of sp³-hybridized carbons (Fsp3) is 0.192. The van der Waals surface area contributed by atoms with Crippen LogP contribution in [-0.4, -0.2) is 42.4 Å². The first kappa shape index (κ1) is 22.1. The van der Waals surface area contributed by atoms with Crippen molar-refractivity contribution < 1.29 is 18.0 Å². The van der Waals surface area contributed by atoms with Crippen molar-refractivity contribution in [2.75, 3.05) is 12.3 Å².